The van der Waals surface area contributed by atoms with Gasteiger partial charge in [0.15, 0.2) is 5.13 Å². The highest BCUT2D eigenvalue weighted by molar-refractivity contribution is 7.14. The number of hydrogen-bond donors (Lipinski definition) is 2. The molecule has 1 fully saturated rings. The first-order chi connectivity index (χ1) is 18.7. The molecule has 2 aromatic carbocycles. The maximum absolute atomic E-state index is 15.7. The number of carbonyl (C=O) groups is 2. The van der Waals surface area contributed by atoms with Crippen molar-refractivity contribution in [2.45, 2.75) is 38.2 Å². The number of carbonyl (C=O) groups excluding carboxylic acids is 1. The Bertz CT molecular complexity index is 1380. The minimum Gasteiger partial charge on any atom is -0.490 e. The molecule has 1 heterocycles. The first-order valence-corrected chi connectivity index (χ1v) is 13.9. The highest BCUT2D eigenvalue weighted by Crippen LogP contribution is 2.39. The zero-order valence-electron chi connectivity index (χ0n) is 21.3. The van der Waals surface area contributed by atoms with Crippen LogP contribution in [0.4, 0.5) is 9.52 Å². The van der Waals surface area contributed by atoms with E-state index in [9.17, 15) is 9.59 Å². The molecule has 11 heteroatoms. The Kier molecular flexibility index (Phi) is 9.61. The van der Waals surface area contributed by atoms with Gasteiger partial charge in [-0.2, -0.15) is 0 Å². The Morgan fingerprint density at radius 1 is 1.18 bits per heavy atom. The zero-order chi connectivity index (χ0) is 28.1. The SMILES string of the molecule is COC(=Cc1c(Cl)cc(C(=O)Nc2nc(-c3cccc(C(OC)C4CCCCC4)c3F)cs2)cc1Cl)C(=O)O. The number of benzene rings is 2. The molecule has 0 bridgehead atoms. The molecule has 2 N–H and O–H groups in total. The summed E-state index contributed by atoms with van der Waals surface area (Å²) < 4.78 is 26.3. The Balaban J connectivity index is 1.54. The van der Waals surface area contributed by atoms with Crippen LogP contribution in [-0.4, -0.2) is 36.2 Å². The van der Waals surface area contributed by atoms with E-state index in [2.05, 4.69) is 10.3 Å². The number of nitrogens with zero attached hydrogens (tertiary/aromatic N) is 1. The number of aromatic nitrogens is 1. The predicted molar refractivity (Wildman–Crippen MR) is 151 cm³/mol. The molecule has 206 valence electrons. The lowest BCUT2D eigenvalue weighted by atomic mass is 9.82. The first kappa shape index (κ1) is 29.0. The Morgan fingerprint density at radius 2 is 1.87 bits per heavy atom. The molecule has 1 amide bonds. The lowest BCUT2D eigenvalue weighted by molar-refractivity contribution is -0.135. The largest absolute Gasteiger partial charge is 0.490 e. The monoisotopic (exact) mass is 592 g/mol. The highest BCUT2D eigenvalue weighted by Gasteiger charge is 2.28. The average Bonchev–Trinajstić information content (AvgIpc) is 3.38. The number of carboxylic acids is 1. The summed E-state index contributed by atoms with van der Waals surface area (Å²) in [5.74, 6) is -2.30. The van der Waals surface area contributed by atoms with Gasteiger partial charge in [0.25, 0.3) is 5.91 Å². The van der Waals surface area contributed by atoms with Crippen molar-refractivity contribution < 1.29 is 28.6 Å². The van der Waals surface area contributed by atoms with Gasteiger partial charge in [-0.05, 0) is 43.0 Å². The number of amides is 1. The normalized spacial score (nSPS) is 15.2. The Morgan fingerprint density at radius 3 is 2.49 bits per heavy atom. The van der Waals surface area contributed by atoms with E-state index in [1.54, 1.807) is 30.7 Å². The zero-order valence-corrected chi connectivity index (χ0v) is 23.6. The summed E-state index contributed by atoms with van der Waals surface area (Å²) in [4.78, 5) is 28.5. The molecular formula is C28H27Cl2FN2O5S. The van der Waals surface area contributed by atoms with Crippen LogP contribution in [0, 0.1) is 11.7 Å². The van der Waals surface area contributed by atoms with Crippen molar-refractivity contribution in [3.63, 3.8) is 0 Å². The van der Waals surface area contributed by atoms with Crippen LogP contribution in [-0.2, 0) is 14.3 Å². The number of halogens is 3. The molecule has 4 rings (SSSR count). The van der Waals surface area contributed by atoms with E-state index < -0.39 is 11.9 Å². The number of ether oxygens (including phenoxy) is 2. The van der Waals surface area contributed by atoms with Crippen molar-refractivity contribution in [2.75, 3.05) is 19.5 Å². The summed E-state index contributed by atoms with van der Waals surface area (Å²) in [6, 6.07) is 7.92. The van der Waals surface area contributed by atoms with Gasteiger partial charge in [-0.1, -0.05) is 54.6 Å². The molecule has 1 aliphatic rings. The van der Waals surface area contributed by atoms with Gasteiger partial charge < -0.3 is 14.6 Å². The van der Waals surface area contributed by atoms with Crippen LogP contribution < -0.4 is 5.32 Å². The van der Waals surface area contributed by atoms with Gasteiger partial charge in [0.05, 0.1) is 29.0 Å². The number of rotatable bonds is 9. The fourth-order valence-electron chi connectivity index (χ4n) is 4.79. The van der Waals surface area contributed by atoms with E-state index in [0.717, 1.165) is 37.0 Å². The summed E-state index contributed by atoms with van der Waals surface area (Å²) in [7, 11) is 2.83. The van der Waals surface area contributed by atoms with E-state index >= 15 is 4.39 Å². The lowest BCUT2D eigenvalue weighted by Gasteiger charge is -2.30. The van der Waals surface area contributed by atoms with E-state index in [4.69, 9.17) is 37.8 Å². The van der Waals surface area contributed by atoms with Crippen LogP contribution >= 0.6 is 34.5 Å². The summed E-state index contributed by atoms with van der Waals surface area (Å²) in [5.41, 5.74) is 1.57. The third-order valence-corrected chi connectivity index (χ3v) is 8.10. The minimum atomic E-state index is -1.29. The first-order valence-electron chi connectivity index (χ1n) is 12.3. The minimum absolute atomic E-state index is 0.0628. The molecule has 0 aliphatic heterocycles. The average molecular weight is 594 g/mol. The molecule has 1 aromatic heterocycles. The molecule has 0 radical (unpaired) electrons. The van der Waals surface area contributed by atoms with Crippen LogP contribution in [0.25, 0.3) is 17.3 Å². The van der Waals surface area contributed by atoms with Crippen LogP contribution in [0.1, 0.15) is 59.7 Å². The molecule has 1 saturated carbocycles. The molecule has 1 aliphatic carbocycles. The van der Waals surface area contributed by atoms with Crippen molar-refractivity contribution in [3.8, 4) is 11.3 Å². The number of hydrogen-bond acceptors (Lipinski definition) is 6. The van der Waals surface area contributed by atoms with E-state index in [1.807, 2.05) is 0 Å². The Hall–Kier alpha value is -2.98. The van der Waals surface area contributed by atoms with Gasteiger partial charge >= 0.3 is 5.97 Å². The van der Waals surface area contributed by atoms with E-state index in [-0.39, 0.29) is 49.9 Å². The lowest BCUT2D eigenvalue weighted by Crippen LogP contribution is -2.19. The number of nitrogens with one attached hydrogen (secondary N) is 1. The molecule has 7 nitrogen and oxygen atoms in total. The van der Waals surface area contributed by atoms with Gasteiger partial charge in [-0.25, -0.2) is 14.2 Å². The quantitative estimate of drug-likeness (QED) is 0.194. The predicted octanol–water partition coefficient (Wildman–Crippen LogP) is 7.85. The molecule has 1 unspecified atom stereocenters. The smallest absolute Gasteiger partial charge is 0.371 e. The maximum atomic E-state index is 15.7. The van der Waals surface area contributed by atoms with Gasteiger partial charge in [0.1, 0.15) is 5.82 Å². The van der Waals surface area contributed by atoms with Gasteiger partial charge in [-0.15, -0.1) is 11.3 Å². The topological polar surface area (TPSA) is 97.8 Å². The molecule has 0 spiro atoms. The fraction of sp³-hybridized carbons (Fsp3) is 0.321. The van der Waals surface area contributed by atoms with Crippen molar-refractivity contribution in [2.24, 2.45) is 5.92 Å². The summed E-state index contributed by atoms with van der Waals surface area (Å²) >= 11 is 13.7. The molecule has 1 atom stereocenters. The van der Waals surface area contributed by atoms with Gasteiger partial charge in [0.2, 0.25) is 5.76 Å². The number of thiazole rings is 1. The van der Waals surface area contributed by atoms with Crippen molar-refractivity contribution in [3.05, 3.63) is 74.0 Å². The fourth-order valence-corrected chi connectivity index (χ4v) is 6.10. The Labute approximate surface area is 239 Å². The van der Waals surface area contributed by atoms with Crippen molar-refractivity contribution in [1.82, 2.24) is 4.98 Å². The second-order valence-electron chi connectivity index (χ2n) is 9.13. The number of anilines is 1. The van der Waals surface area contributed by atoms with E-state index in [1.165, 1.54) is 31.7 Å². The molecule has 39 heavy (non-hydrogen) atoms. The second-order valence-corrected chi connectivity index (χ2v) is 10.8. The third kappa shape index (κ3) is 6.61. The third-order valence-electron chi connectivity index (χ3n) is 6.72. The standard InChI is InChI=1S/C28H27Cl2FN2O5S/c1-37-23(27(35)36)13-19-20(29)11-16(12-21(19)30)26(34)33-28-32-22(14-39-28)17-9-6-10-18(24(17)31)25(38-2)15-7-4-3-5-8-15/h6,9-15,25H,3-5,7-8H2,1-2H3,(H,35,36)(H,32,33,34). The summed E-state index contributed by atoms with van der Waals surface area (Å²) in [6.07, 6.45) is 6.29. The molecule has 0 saturated heterocycles. The number of carboxylic acid groups (broad SMARTS) is 1. The van der Waals surface area contributed by atoms with Crippen molar-refractivity contribution >= 4 is 57.6 Å². The highest BCUT2D eigenvalue weighted by atomic mass is 35.5. The van der Waals surface area contributed by atoms with Crippen LogP contribution in [0.15, 0.2) is 41.5 Å². The van der Waals surface area contributed by atoms with Crippen LogP contribution in [0.5, 0.6) is 0 Å². The summed E-state index contributed by atoms with van der Waals surface area (Å²) in [5, 5.41) is 13.9. The second kappa shape index (κ2) is 12.9. The molecular weight excluding hydrogens is 566 g/mol. The maximum Gasteiger partial charge on any atom is 0.371 e. The summed E-state index contributed by atoms with van der Waals surface area (Å²) in [6.45, 7) is 0. The number of methoxy groups -OCH3 is 2. The van der Waals surface area contributed by atoms with Gasteiger partial charge in [0, 0.05) is 34.7 Å². The van der Waals surface area contributed by atoms with Crippen LogP contribution in [0.2, 0.25) is 10.0 Å². The number of aliphatic carboxylic acids is 1. The van der Waals surface area contributed by atoms with Gasteiger partial charge in [-0.3, -0.25) is 10.1 Å². The van der Waals surface area contributed by atoms with E-state index in [0.29, 0.717) is 16.8 Å². The van der Waals surface area contributed by atoms with Crippen molar-refractivity contribution in [1.29, 1.82) is 0 Å². The molecule has 3 aromatic rings. The van der Waals surface area contributed by atoms with Crippen LogP contribution in [0.3, 0.4) is 0 Å².